The zero-order valence-corrected chi connectivity index (χ0v) is 15.1. The van der Waals surface area contributed by atoms with Crippen molar-refractivity contribution in [2.75, 3.05) is 19.7 Å². The van der Waals surface area contributed by atoms with Gasteiger partial charge in [0.15, 0.2) is 0 Å². The van der Waals surface area contributed by atoms with Gasteiger partial charge in [0, 0.05) is 42.6 Å². The third-order valence-electron chi connectivity index (χ3n) is 4.17. The highest BCUT2D eigenvalue weighted by molar-refractivity contribution is 6.30. The molecule has 0 aliphatic carbocycles. The van der Waals surface area contributed by atoms with Crippen molar-refractivity contribution in [3.05, 3.63) is 59.4 Å². The van der Waals surface area contributed by atoms with E-state index in [1.165, 1.54) is 0 Å². The zero-order chi connectivity index (χ0) is 17.6. The monoisotopic (exact) mass is 359 g/mol. The summed E-state index contributed by atoms with van der Waals surface area (Å²) in [5.41, 5.74) is 2.19. The van der Waals surface area contributed by atoms with Gasteiger partial charge in [-0.15, -0.1) is 0 Å². The minimum absolute atomic E-state index is 0.118. The molecule has 0 N–H and O–H groups in total. The fraction of sp³-hybridized carbons (Fsp3) is 0.368. The molecule has 2 heterocycles. The summed E-state index contributed by atoms with van der Waals surface area (Å²) in [4.78, 5) is 10.9. The molecule has 25 heavy (non-hydrogen) atoms. The van der Waals surface area contributed by atoms with Crippen molar-refractivity contribution in [3.63, 3.8) is 0 Å². The molecule has 0 unspecified atom stereocenters. The number of rotatable bonds is 6. The molecule has 3 rings (SSSR count). The first-order chi connectivity index (χ1) is 12.1. The number of hydrogen-bond acceptors (Lipinski definition) is 5. The first kappa shape index (κ1) is 17.9. The smallest absolute Gasteiger partial charge is 0.321 e. The van der Waals surface area contributed by atoms with E-state index in [0.717, 1.165) is 43.8 Å². The van der Waals surface area contributed by atoms with Gasteiger partial charge in [-0.25, -0.2) is 9.97 Å². The van der Waals surface area contributed by atoms with Gasteiger partial charge in [0.2, 0.25) is 0 Å². The molecule has 0 amide bonds. The Hall–Kier alpha value is -1.95. The molecule has 6 heteroatoms. The highest BCUT2D eigenvalue weighted by Crippen LogP contribution is 2.21. The Morgan fingerprint density at radius 3 is 2.72 bits per heavy atom. The third-order valence-corrected chi connectivity index (χ3v) is 4.42. The Bertz CT molecular complexity index is 704. The van der Waals surface area contributed by atoms with E-state index in [2.05, 4.69) is 28.4 Å². The van der Waals surface area contributed by atoms with Crippen LogP contribution >= 0.6 is 11.6 Å². The predicted octanol–water partition coefficient (Wildman–Crippen LogP) is 4.09. The average molecular weight is 360 g/mol. The van der Waals surface area contributed by atoms with E-state index in [9.17, 15) is 0 Å². The van der Waals surface area contributed by atoms with Crippen molar-refractivity contribution in [2.45, 2.75) is 26.0 Å². The standard InChI is InChI=1S/C19H22ClN3O2/c1-3-14(2)18-13-23(8-9-24-18)12-15-10-21-19(22-11-15)25-17-6-4-16(20)5-7-17/h4-7,10-11,18H,2-3,8-9,12-13H2,1H3/t18-/m0/s1. The van der Waals surface area contributed by atoms with Crippen LogP contribution in [0.3, 0.4) is 0 Å². The van der Waals surface area contributed by atoms with Crippen LogP contribution in [0.25, 0.3) is 0 Å². The van der Waals surface area contributed by atoms with E-state index in [-0.39, 0.29) is 6.10 Å². The van der Waals surface area contributed by atoms with E-state index in [4.69, 9.17) is 21.1 Å². The maximum absolute atomic E-state index is 5.86. The van der Waals surface area contributed by atoms with E-state index in [1.54, 1.807) is 36.7 Å². The summed E-state index contributed by atoms with van der Waals surface area (Å²) in [5.74, 6) is 0.659. The van der Waals surface area contributed by atoms with Crippen LogP contribution < -0.4 is 4.74 Å². The van der Waals surface area contributed by atoms with E-state index in [1.807, 2.05) is 0 Å². The van der Waals surface area contributed by atoms with Crippen molar-refractivity contribution >= 4 is 11.6 Å². The van der Waals surface area contributed by atoms with Gasteiger partial charge >= 0.3 is 6.01 Å². The topological polar surface area (TPSA) is 47.5 Å². The van der Waals surface area contributed by atoms with E-state index in [0.29, 0.717) is 16.8 Å². The van der Waals surface area contributed by atoms with Gasteiger partial charge in [-0.05, 0) is 36.3 Å². The number of morpholine rings is 1. The van der Waals surface area contributed by atoms with Crippen molar-refractivity contribution in [1.82, 2.24) is 14.9 Å². The minimum atomic E-state index is 0.118. The molecule has 1 aromatic carbocycles. The van der Waals surface area contributed by atoms with E-state index < -0.39 is 0 Å². The number of aromatic nitrogens is 2. The van der Waals surface area contributed by atoms with Crippen molar-refractivity contribution in [2.24, 2.45) is 0 Å². The lowest BCUT2D eigenvalue weighted by Crippen LogP contribution is -2.42. The average Bonchev–Trinajstić information content (AvgIpc) is 2.65. The van der Waals surface area contributed by atoms with Crippen LogP contribution in [0.1, 0.15) is 18.9 Å². The summed E-state index contributed by atoms with van der Waals surface area (Å²) in [6.45, 7) is 9.47. The van der Waals surface area contributed by atoms with Crippen LogP contribution in [-0.4, -0.2) is 40.7 Å². The lowest BCUT2D eigenvalue weighted by Gasteiger charge is -2.33. The van der Waals surface area contributed by atoms with Crippen LogP contribution in [0.2, 0.25) is 5.02 Å². The summed E-state index contributed by atoms with van der Waals surface area (Å²) >= 11 is 5.86. The summed E-state index contributed by atoms with van der Waals surface area (Å²) in [6, 6.07) is 7.43. The van der Waals surface area contributed by atoms with Crippen LogP contribution in [0.4, 0.5) is 0 Å². The number of halogens is 1. The Morgan fingerprint density at radius 2 is 2.04 bits per heavy atom. The fourth-order valence-corrected chi connectivity index (χ4v) is 2.79. The number of benzene rings is 1. The van der Waals surface area contributed by atoms with Gasteiger partial charge in [-0.1, -0.05) is 25.1 Å². The quantitative estimate of drug-likeness (QED) is 0.727. The van der Waals surface area contributed by atoms with Crippen molar-refractivity contribution in [1.29, 1.82) is 0 Å². The molecule has 0 radical (unpaired) electrons. The molecule has 2 aromatic rings. The molecule has 0 saturated carbocycles. The molecule has 5 nitrogen and oxygen atoms in total. The first-order valence-electron chi connectivity index (χ1n) is 8.40. The Morgan fingerprint density at radius 1 is 1.32 bits per heavy atom. The maximum Gasteiger partial charge on any atom is 0.321 e. The molecule has 0 bridgehead atoms. The maximum atomic E-state index is 5.86. The zero-order valence-electron chi connectivity index (χ0n) is 14.3. The number of hydrogen-bond donors (Lipinski definition) is 0. The normalized spacial score (nSPS) is 18.1. The van der Waals surface area contributed by atoms with Crippen LogP contribution in [0.15, 0.2) is 48.8 Å². The summed E-state index contributed by atoms with van der Waals surface area (Å²) < 4.78 is 11.4. The second-order valence-electron chi connectivity index (χ2n) is 6.04. The van der Waals surface area contributed by atoms with Crippen molar-refractivity contribution < 1.29 is 9.47 Å². The van der Waals surface area contributed by atoms with Crippen LogP contribution in [0.5, 0.6) is 11.8 Å². The van der Waals surface area contributed by atoms with Gasteiger partial charge < -0.3 is 9.47 Å². The molecular weight excluding hydrogens is 338 g/mol. The molecular formula is C19H22ClN3O2. The van der Waals surface area contributed by atoms with Crippen LogP contribution in [-0.2, 0) is 11.3 Å². The molecule has 1 aromatic heterocycles. The summed E-state index contributed by atoms with van der Waals surface area (Å²) in [5, 5.41) is 0.665. The van der Waals surface area contributed by atoms with Crippen LogP contribution in [0, 0.1) is 0 Å². The Kier molecular flexibility index (Phi) is 6.02. The molecule has 0 spiro atoms. The molecule has 1 saturated heterocycles. The summed E-state index contributed by atoms with van der Waals surface area (Å²) in [6.07, 6.45) is 4.67. The van der Waals surface area contributed by atoms with Gasteiger partial charge in [0.1, 0.15) is 5.75 Å². The number of nitrogens with zero attached hydrogens (tertiary/aromatic N) is 3. The van der Waals surface area contributed by atoms with Gasteiger partial charge in [0.25, 0.3) is 0 Å². The lowest BCUT2D eigenvalue weighted by molar-refractivity contribution is -0.0133. The molecule has 1 fully saturated rings. The fourth-order valence-electron chi connectivity index (χ4n) is 2.66. The minimum Gasteiger partial charge on any atom is -0.424 e. The van der Waals surface area contributed by atoms with Gasteiger partial charge in [-0.3, -0.25) is 4.90 Å². The molecule has 1 aliphatic heterocycles. The number of ether oxygens (including phenoxy) is 2. The Labute approximate surface area is 153 Å². The SMILES string of the molecule is C=C(CC)[C@@H]1CN(Cc2cnc(Oc3ccc(Cl)cc3)nc2)CCO1. The molecule has 1 aliphatic rings. The van der Waals surface area contributed by atoms with Crippen molar-refractivity contribution in [3.8, 4) is 11.8 Å². The third kappa shape index (κ3) is 5.01. The second-order valence-corrected chi connectivity index (χ2v) is 6.47. The molecule has 132 valence electrons. The van der Waals surface area contributed by atoms with E-state index >= 15 is 0 Å². The molecule has 1 atom stereocenters. The Balaban J connectivity index is 1.57. The highest BCUT2D eigenvalue weighted by Gasteiger charge is 2.22. The van der Waals surface area contributed by atoms with Gasteiger partial charge in [-0.2, -0.15) is 0 Å². The largest absolute Gasteiger partial charge is 0.424 e. The first-order valence-corrected chi connectivity index (χ1v) is 8.78. The lowest BCUT2D eigenvalue weighted by atomic mass is 10.1. The highest BCUT2D eigenvalue weighted by atomic mass is 35.5. The van der Waals surface area contributed by atoms with Gasteiger partial charge in [0.05, 0.1) is 12.7 Å². The second kappa shape index (κ2) is 8.43. The predicted molar refractivity (Wildman–Crippen MR) is 98.0 cm³/mol. The summed E-state index contributed by atoms with van der Waals surface area (Å²) in [7, 11) is 0.